The molecule has 0 atom stereocenters. The van der Waals surface area contributed by atoms with Crippen LogP contribution >= 0.6 is 23.6 Å². The first kappa shape index (κ1) is 20.3. The highest BCUT2D eigenvalue weighted by Gasteiger charge is 2.29. The van der Waals surface area contributed by atoms with Gasteiger partial charge in [0.1, 0.15) is 0 Å². The van der Waals surface area contributed by atoms with Crippen LogP contribution in [0, 0.1) is 16.5 Å². The number of piperazine rings is 1. The molecular weight excluding hydrogens is 442 g/mol. The van der Waals surface area contributed by atoms with Crippen molar-refractivity contribution in [1.82, 2.24) is 19.0 Å². The average Bonchev–Trinajstić information content (AvgIpc) is 3.35. The Bertz CT molecular complexity index is 1170. The van der Waals surface area contributed by atoms with Crippen LogP contribution in [0.4, 0.5) is 8.78 Å². The van der Waals surface area contributed by atoms with Crippen molar-refractivity contribution in [1.29, 1.82) is 0 Å². The largest absolute Gasteiger partial charge is 0.408 e. The molecule has 0 amide bonds. The molecule has 0 unspecified atom stereocenters. The minimum atomic E-state index is -3.89. The van der Waals surface area contributed by atoms with Gasteiger partial charge in [-0.15, -0.1) is 16.4 Å². The van der Waals surface area contributed by atoms with Gasteiger partial charge in [-0.25, -0.2) is 21.9 Å². The Hall–Kier alpha value is -1.99. The van der Waals surface area contributed by atoms with Crippen LogP contribution in [-0.4, -0.2) is 53.6 Å². The summed E-state index contributed by atoms with van der Waals surface area (Å²) in [5.41, 5.74) is 0. The number of hydrogen-bond acceptors (Lipinski definition) is 7. The summed E-state index contributed by atoms with van der Waals surface area (Å²) in [5, 5.41) is 6.30. The van der Waals surface area contributed by atoms with Crippen molar-refractivity contribution in [2.45, 2.75) is 11.6 Å². The molecule has 3 heterocycles. The monoisotopic (exact) mass is 458 g/mol. The third kappa shape index (κ3) is 4.16. The van der Waals surface area contributed by atoms with Crippen molar-refractivity contribution in [3.05, 3.63) is 52.2 Å². The van der Waals surface area contributed by atoms with Gasteiger partial charge in [-0.2, -0.15) is 4.31 Å². The summed E-state index contributed by atoms with van der Waals surface area (Å²) < 4.78 is 60.2. The number of thiophene rings is 1. The third-order valence-electron chi connectivity index (χ3n) is 4.53. The van der Waals surface area contributed by atoms with Crippen LogP contribution in [0.3, 0.4) is 0 Å². The van der Waals surface area contributed by atoms with Crippen LogP contribution < -0.4 is 0 Å². The maximum atomic E-state index is 13.4. The van der Waals surface area contributed by atoms with Crippen molar-refractivity contribution < 1.29 is 21.6 Å². The fourth-order valence-electron chi connectivity index (χ4n) is 2.98. The Balaban J connectivity index is 1.42. The highest BCUT2D eigenvalue weighted by atomic mass is 32.2. The number of halogens is 2. The van der Waals surface area contributed by atoms with Crippen molar-refractivity contribution in [2.75, 3.05) is 26.2 Å². The number of hydrogen-bond donors (Lipinski definition) is 0. The summed E-state index contributed by atoms with van der Waals surface area (Å²) in [4.78, 5) is 2.85. The van der Waals surface area contributed by atoms with Crippen molar-refractivity contribution >= 4 is 33.6 Å². The second kappa shape index (κ2) is 8.03. The van der Waals surface area contributed by atoms with Gasteiger partial charge in [0.05, 0.1) is 16.4 Å². The first-order chi connectivity index (χ1) is 13.8. The SMILES string of the molecule is O=S(=O)(c1ccc(F)c(F)c1)N1CCN(Cn2nc(-c3cccs3)oc2=S)CC1. The Kier molecular flexibility index (Phi) is 5.62. The van der Waals surface area contributed by atoms with Gasteiger partial charge in [-0.3, -0.25) is 4.90 Å². The quantitative estimate of drug-likeness (QED) is 0.547. The van der Waals surface area contributed by atoms with Crippen LogP contribution in [0.5, 0.6) is 0 Å². The number of benzene rings is 1. The van der Waals surface area contributed by atoms with E-state index in [0.29, 0.717) is 31.7 Å². The predicted octanol–water partition coefficient (Wildman–Crippen LogP) is 3.18. The molecule has 0 aliphatic carbocycles. The van der Waals surface area contributed by atoms with Gasteiger partial charge in [0.2, 0.25) is 10.0 Å². The topological polar surface area (TPSA) is 71.6 Å². The molecule has 0 N–H and O–H groups in total. The Labute approximate surface area is 174 Å². The molecule has 0 saturated carbocycles. The molecule has 29 heavy (non-hydrogen) atoms. The molecule has 2 aromatic heterocycles. The van der Waals surface area contributed by atoms with Crippen molar-refractivity contribution in [2.24, 2.45) is 0 Å². The standard InChI is InChI=1S/C17H16F2N4O3S3/c18-13-4-3-12(10-14(13)19)29(24,25)22-7-5-21(6-8-22)11-23-17(27)26-16(20-23)15-2-1-9-28-15/h1-4,9-10H,5-8,11H2. The van der Waals surface area contributed by atoms with E-state index in [4.69, 9.17) is 16.6 Å². The van der Waals surface area contributed by atoms with E-state index >= 15 is 0 Å². The van der Waals surface area contributed by atoms with Crippen LogP contribution in [0.1, 0.15) is 0 Å². The van der Waals surface area contributed by atoms with E-state index in [9.17, 15) is 17.2 Å². The maximum Gasteiger partial charge on any atom is 0.288 e. The molecule has 1 aliphatic rings. The van der Waals surface area contributed by atoms with Crippen LogP contribution in [0.15, 0.2) is 45.0 Å². The lowest BCUT2D eigenvalue weighted by atomic mass is 10.3. The molecule has 154 valence electrons. The van der Waals surface area contributed by atoms with E-state index in [1.807, 2.05) is 22.4 Å². The summed E-state index contributed by atoms with van der Waals surface area (Å²) >= 11 is 6.72. The minimum Gasteiger partial charge on any atom is -0.408 e. The molecule has 1 fully saturated rings. The summed E-state index contributed by atoms with van der Waals surface area (Å²) in [6.07, 6.45) is 0. The lowest BCUT2D eigenvalue weighted by molar-refractivity contribution is 0.143. The van der Waals surface area contributed by atoms with Gasteiger partial charge in [-0.05, 0) is 41.9 Å². The van der Waals surface area contributed by atoms with Crippen LogP contribution in [0.25, 0.3) is 10.8 Å². The van der Waals surface area contributed by atoms with E-state index in [1.54, 1.807) is 4.68 Å². The summed E-state index contributed by atoms with van der Waals surface area (Å²) in [6, 6.07) is 6.37. The molecule has 1 aliphatic heterocycles. The zero-order chi connectivity index (χ0) is 20.6. The highest BCUT2D eigenvalue weighted by molar-refractivity contribution is 7.89. The summed E-state index contributed by atoms with van der Waals surface area (Å²) in [7, 11) is -3.89. The second-order valence-electron chi connectivity index (χ2n) is 6.39. The number of nitrogens with zero attached hydrogens (tertiary/aromatic N) is 4. The summed E-state index contributed by atoms with van der Waals surface area (Å²) in [5.74, 6) is -1.82. The molecule has 1 saturated heterocycles. The van der Waals surface area contributed by atoms with Gasteiger partial charge in [0.15, 0.2) is 11.6 Å². The van der Waals surface area contributed by atoms with Gasteiger partial charge < -0.3 is 4.42 Å². The van der Waals surface area contributed by atoms with Gasteiger partial charge in [0, 0.05) is 26.2 Å². The van der Waals surface area contributed by atoms with E-state index in [1.165, 1.54) is 15.6 Å². The summed E-state index contributed by atoms with van der Waals surface area (Å²) in [6.45, 7) is 1.67. The maximum absolute atomic E-state index is 13.4. The van der Waals surface area contributed by atoms with E-state index in [-0.39, 0.29) is 22.8 Å². The number of sulfonamides is 1. The molecular formula is C17H16F2N4O3S3. The molecule has 1 aromatic carbocycles. The predicted molar refractivity (Wildman–Crippen MR) is 105 cm³/mol. The Morgan fingerprint density at radius 3 is 2.55 bits per heavy atom. The molecule has 0 spiro atoms. The van der Waals surface area contributed by atoms with E-state index < -0.39 is 21.7 Å². The van der Waals surface area contributed by atoms with Crippen molar-refractivity contribution in [3.63, 3.8) is 0 Å². The van der Waals surface area contributed by atoms with Gasteiger partial charge in [0.25, 0.3) is 10.7 Å². The Morgan fingerprint density at radius 2 is 1.90 bits per heavy atom. The second-order valence-corrected chi connectivity index (χ2v) is 9.62. The van der Waals surface area contributed by atoms with Gasteiger partial charge >= 0.3 is 0 Å². The number of aromatic nitrogens is 2. The molecule has 7 nitrogen and oxygen atoms in total. The van der Waals surface area contributed by atoms with Crippen LogP contribution in [-0.2, 0) is 16.7 Å². The smallest absolute Gasteiger partial charge is 0.288 e. The first-order valence-corrected chi connectivity index (χ1v) is 11.4. The lowest BCUT2D eigenvalue weighted by Gasteiger charge is -2.33. The molecule has 0 radical (unpaired) electrons. The van der Waals surface area contributed by atoms with Crippen molar-refractivity contribution in [3.8, 4) is 10.8 Å². The fraction of sp³-hybridized carbons (Fsp3) is 0.294. The highest BCUT2D eigenvalue weighted by Crippen LogP contribution is 2.24. The third-order valence-corrected chi connectivity index (χ3v) is 7.58. The first-order valence-electron chi connectivity index (χ1n) is 8.64. The van der Waals surface area contributed by atoms with Crippen LogP contribution in [0.2, 0.25) is 0 Å². The van der Waals surface area contributed by atoms with Gasteiger partial charge in [-0.1, -0.05) is 6.07 Å². The Morgan fingerprint density at radius 1 is 1.14 bits per heavy atom. The lowest BCUT2D eigenvalue weighted by Crippen LogP contribution is -2.48. The average molecular weight is 459 g/mol. The zero-order valence-electron chi connectivity index (χ0n) is 15.0. The molecule has 3 aromatic rings. The number of rotatable bonds is 5. The molecule has 12 heteroatoms. The van der Waals surface area contributed by atoms with E-state index in [2.05, 4.69) is 5.10 Å². The molecule has 0 bridgehead atoms. The molecule has 4 rings (SSSR count). The minimum absolute atomic E-state index is 0.213. The van der Waals surface area contributed by atoms with E-state index in [0.717, 1.165) is 17.0 Å². The zero-order valence-corrected chi connectivity index (χ0v) is 17.4. The normalized spacial score (nSPS) is 16.3. The fourth-order valence-corrected chi connectivity index (χ4v) is 5.24.